The number of ether oxygens (including phenoxy) is 2. The molecule has 0 radical (unpaired) electrons. The number of nitrogens with zero attached hydrogens (tertiary/aromatic N) is 2. The van der Waals surface area contributed by atoms with Gasteiger partial charge in [0.15, 0.2) is 17.3 Å². The number of rotatable bonds is 6. The van der Waals surface area contributed by atoms with E-state index in [1.807, 2.05) is 72.8 Å². The molecule has 30 heavy (non-hydrogen) atoms. The molecule has 0 aliphatic heterocycles. The summed E-state index contributed by atoms with van der Waals surface area (Å²) in [6, 6.07) is 22.7. The number of aromatic nitrogens is 2. The second-order valence-corrected chi connectivity index (χ2v) is 6.65. The van der Waals surface area contributed by atoms with Crippen molar-refractivity contribution in [1.29, 1.82) is 0 Å². The summed E-state index contributed by atoms with van der Waals surface area (Å²) in [5.41, 5.74) is 2.82. The second-order valence-electron chi connectivity index (χ2n) is 6.65. The fraction of sp³-hybridized carbons (Fsp3) is 0.125. The molecule has 0 saturated carbocycles. The largest absolute Gasteiger partial charge is 0.493 e. The first-order valence-electron chi connectivity index (χ1n) is 9.51. The van der Waals surface area contributed by atoms with Crippen LogP contribution in [0.5, 0.6) is 11.5 Å². The Kier molecular flexibility index (Phi) is 5.57. The zero-order chi connectivity index (χ0) is 20.9. The summed E-state index contributed by atoms with van der Waals surface area (Å²) in [5.74, 6) is 1.51. The average Bonchev–Trinajstić information content (AvgIpc) is 2.82. The van der Waals surface area contributed by atoms with Crippen molar-refractivity contribution >= 4 is 16.8 Å². The van der Waals surface area contributed by atoms with Crippen LogP contribution in [-0.4, -0.2) is 30.1 Å². The van der Waals surface area contributed by atoms with Crippen LogP contribution in [0.25, 0.3) is 22.3 Å². The third-order valence-electron chi connectivity index (χ3n) is 4.75. The molecule has 0 bridgehead atoms. The van der Waals surface area contributed by atoms with Crippen LogP contribution < -0.4 is 14.8 Å². The summed E-state index contributed by atoms with van der Waals surface area (Å²) < 4.78 is 10.6. The summed E-state index contributed by atoms with van der Waals surface area (Å²) in [6.45, 7) is 0.332. The normalized spacial score (nSPS) is 10.6. The molecular formula is C24H21N3O3. The molecule has 1 amide bonds. The van der Waals surface area contributed by atoms with Crippen molar-refractivity contribution in [2.24, 2.45) is 0 Å². The van der Waals surface area contributed by atoms with E-state index in [9.17, 15) is 4.79 Å². The molecule has 0 unspecified atom stereocenters. The van der Waals surface area contributed by atoms with Crippen LogP contribution in [0.2, 0.25) is 0 Å². The number of nitrogens with one attached hydrogen (secondary N) is 1. The van der Waals surface area contributed by atoms with E-state index >= 15 is 0 Å². The number of para-hydroxylation sites is 1. The van der Waals surface area contributed by atoms with Gasteiger partial charge in [-0.2, -0.15) is 0 Å². The Bertz CT molecular complexity index is 1190. The highest BCUT2D eigenvalue weighted by Crippen LogP contribution is 2.27. The number of fused-ring (bicyclic) bond motifs is 1. The first kappa shape index (κ1) is 19.4. The summed E-state index contributed by atoms with van der Waals surface area (Å²) in [7, 11) is 3.17. The second kappa shape index (κ2) is 8.61. The molecule has 1 N–H and O–H groups in total. The minimum absolute atomic E-state index is 0.263. The SMILES string of the molecule is COc1ccc(CNC(=O)c2nc(-c3ccccc3)nc3ccccc23)cc1OC. The van der Waals surface area contributed by atoms with Crippen LogP contribution in [0, 0.1) is 0 Å². The van der Waals surface area contributed by atoms with Crippen molar-refractivity contribution < 1.29 is 14.3 Å². The molecular weight excluding hydrogens is 378 g/mol. The standard InChI is InChI=1S/C24H21N3O3/c1-29-20-13-12-16(14-21(20)30-2)15-25-24(28)22-18-10-6-7-11-19(18)26-23(27-22)17-8-4-3-5-9-17/h3-14H,15H2,1-2H3,(H,25,28). The monoisotopic (exact) mass is 399 g/mol. The smallest absolute Gasteiger partial charge is 0.270 e. The zero-order valence-electron chi connectivity index (χ0n) is 16.8. The van der Waals surface area contributed by atoms with Crippen molar-refractivity contribution in [2.45, 2.75) is 6.54 Å². The number of hydrogen-bond acceptors (Lipinski definition) is 5. The van der Waals surface area contributed by atoms with Crippen molar-refractivity contribution in [2.75, 3.05) is 14.2 Å². The number of hydrogen-bond donors (Lipinski definition) is 1. The fourth-order valence-corrected chi connectivity index (χ4v) is 3.22. The maximum Gasteiger partial charge on any atom is 0.270 e. The molecule has 6 nitrogen and oxygen atoms in total. The lowest BCUT2D eigenvalue weighted by molar-refractivity contribution is 0.0947. The topological polar surface area (TPSA) is 73.3 Å². The number of methoxy groups -OCH3 is 2. The van der Waals surface area contributed by atoms with E-state index in [0.29, 0.717) is 34.9 Å². The van der Waals surface area contributed by atoms with Gasteiger partial charge in [-0.15, -0.1) is 0 Å². The molecule has 0 aliphatic carbocycles. The Morgan fingerprint density at radius 2 is 1.60 bits per heavy atom. The number of carbonyl (C=O) groups excluding carboxylic acids is 1. The lowest BCUT2D eigenvalue weighted by Gasteiger charge is -2.11. The number of benzene rings is 3. The van der Waals surface area contributed by atoms with Crippen molar-refractivity contribution in [3.8, 4) is 22.9 Å². The van der Waals surface area contributed by atoms with Gasteiger partial charge < -0.3 is 14.8 Å². The summed E-state index contributed by atoms with van der Waals surface area (Å²) in [4.78, 5) is 22.2. The van der Waals surface area contributed by atoms with Crippen LogP contribution >= 0.6 is 0 Å². The van der Waals surface area contributed by atoms with Gasteiger partial charge in [0.25, 0.3) is 5.91 Å². The van der Waals surface area contributed by atoms with Gasteiger partial charge in [-0.05, 0) is 23.8 Å². The highest BCUT2D eigenvalue weighted by molar-refractivity contribution is 6.04. The predicted octanol–water partition coefficient (Wildman–Crippen LogP) is 4.24. The minimum Gasteiger partial charge on any atom is -0.493 e. The van der Waals surface area contributed by atoms with Gasteiger partial charge in [-0.25, -0.2) is 9.97 Å². The van der Waals surface area contributed by atoms with Crippen molar-refractivity contribution in [3.63, 3.8) is 0 Å². The van der Waals surface area contributed by atoms with Crippen molar-refractivity contribution in [3.05, 3.63) is 84.1 Å². The summed E-state index contributed by atoms with van der Waals surface area (Å²) in [6.07, 6.45) is 0. The Labute approximate surface area is 174 Å². The first-order valence-corrected chi connectivity index (χ1v) is 9.51. The van der Waals surface area contributed by atoms with Gasteiger partial charge in [0.05, 0.1) is 19.7 Å². The van der Waals surface area contributed by atoms with E-state index in [-0.39, 0.29) is 5.91 Å². The molecule has 6 heteroatoms. The average molecular weight is 399 g/mol. The van der Waals surface area contributed by atoms with E-state index in [0.717, 1.165) is 16.6 Å². The van der Waals surface area contributed by atoms with Gasteiger partial charge in [0.2, 0.25) is 0 Å². The number of carbonyl (C=O) groups is 1. The van der Waals surface area contributed by atoms with Crippen LogP contribution in [0.4, 0.5) is 0 Å². The molecule has 3 aromatic carbocycles. The maximum atomic E-state index is 13.0. The van der Waals surface area contributed by atoms with Gasteiger partial charge in [0.1, 0.15) is 5.69 Å². The van der Waals surface area contributed by atoms with Crippen molar-refractivity contribution in [1.82, 2.24) is 15.3 Å². The summed E-state index contributed by atoms with van der Waals surface area (Å²) >= 11 is 0. The Morgan fingerprint density at radius 3 is 2.37 bits per heavy atom. The molecule has 0 atom stereocenters. The molecule has 150 valence electrons. The van der Waals surface area contributed by atoms with E-state index in [4.69, 9.17) is 9.47 Å². The molecule has 0 fully saturated rings. The highest BCUT2D eigenvalue weighted by Gasteiger charge is 2.16. The molecule has 4 aromatic rings. The quantitative estimate of drug-likeness (QED) is 0.525. The van der Waals surface area contributed by atoms with Gasteiger partial charge in [0, 0.05) is 17.5 Å². The lowest BCUT2D eigenvalue weighted by atomic mass is 10.1. The lowest BCUT2D eigenvalue weighted by Crippen LogP contribution is -2.24. The number of amides is 1. The van der Waals surface area contributed by atoms with Gasteiger partial charge in [-0.3, -0.25) is 4.79 Å². The third kappa shape index (κ3) is 3.93. The fourth-order valence-electron chi connectivity index (χ4n) is 3.22. The molecule has 1 aromatic heterocycles. The van der Waals surface area contributed by atoms with Crippen LogP contribution in [-0.2, 0) is 6.54 Å². The molecule has 0 aliphatic rings. The molecule has 0 spiro atoms. The summed E-state index contributed by atoms with van der Waals surface area (Å²) in [5, 5.41) is 3.66. The first-order chi connectivity index (χ1) is 14.7. The highest BCUT2D eigenvalue weighted by atomic mass is 16.5. The van der Waals surface area contributed by atoms with E-state index < -0.39 is 0 Å². The van der Waals surface area contributed by atoms with E-state index in [1.54, 1.807) is 14.2 Å². The molecule has 1 heterocycles. The Hall–Kier alpha value is -3.93. The minimum atomic E-state index is -0.263. The Morgan fingerprint density at radius 1 is 0.867 bits per heavy atom. The predicted molar refractivity (Wildman–Crippen MR) is 116 cm³/mol. The Balaban J connectivity index is 1.64. The van der Waals surface area contributed by atoms with E-state index in [2.05, 4.69) is 15.3 Å². The van der Waals surface area contributed by atoms with Crippen LogP contribution in [0.1, 0.15) is 16.1 Å². The van der Waals surface area contributed by atoms with Crippen LogP contribution in [0.15, 0.2) is 72.8 Å². The molecule has 4 rings (SSSR count). The maximum absolute atomic E-state index is 13.0. The van der Waals surface area contributed by atoms with Crippen LogP contribution in [0.3, 0.4) is 0 Å². The van der Waals surface area contributed by atoms with Gasteiger partial charge >= 0.3 is 0 Å². The molecule has 0 saturated heterocycles. The van der Waals surface area contributed by atoms with E-state index in [1.165, 1.54) is 0 Å². The zero-order valence-corrected chi connectivity index (χ0v) is 16.8. The van der Waals surface area contributed by atoms with Gasteiger partial charge in [-0.1, -0.05) is 54.6 Å². The third-order valence-corrected chi connectivity index (χ3v) is 4.75.